The van der Waals surface area contributed by atoms with Crippen molar-refractivity contribution in [1.82, 2.24) is 10.2 Å². The minimum absolute atomic E-state index is 0.191. The number of rotatable bonds is 7. The zero-order valence-corrected chi connectivity index (χ0v) is 16.1. The van der Waals surface area contributed by atoms with E-state index in [0.29, 0.717) is 0 Å². The highest BCUT2D eigenvalue weighted by atomic mass is 16.5. The first-order valence-electron chi connectivity index (χ1n) is 9.86. The molecular weight excluding hydrogens is 312 g/mol. The van der Waals surface area contributed by atoms with Crippen molar-refractivity contribution in [3.63, 3.8) is 0 Å². The summed E-state index contributed by atoms with van der Waals surface area (Å²) in [4.78, 5) is 5.03. The number of hydrogen-bond donors (Lipinski definition) is 2. The molecule has 0 bridgehead atoms. The van der Waals surface area contributed by atoms with E-state index in [0.717, 1.165) is 45.0 Å². The molecule has 0 amide bonds. The average Bonchev–Trinajstić information content (AvgIpc) is 3.11. The summed E-state index contributed by atoms with van der Waals surface area (Å²) in [6.07, 6.45) is 2.89. The normalized spacial score (nSPS) is 18.8. The van der Waals surface area contributed by atoms with Crippen LogP contribution < -0.4 is 20.3 Å². The second-order valence-corrected chi connectivity index (χ2v) is 7.49. The fourth-order valence-electron chi connectivity index (χ4n) is 3.79. The van der Waals surface area contributed by atoms with Crippen LogP contribution in [-0.2, 0) is 0 Å². The molecule has 1 aromatic rings. The Morgan fingerprint density at radius 3 is 2.52 bits per heavy atom. The molecule has 2 aliphatic rings. The van der Waals surface area contributed by atoms with E-state index < -0.39 is 0 Å². The molecule has 3 rings (SSSR count). The zero-order chi connectivity index (χ0) is 17.6. The van der Waals surface area contributed by atoms with E-state index >= 15 is 0 Å². The Bertz CT molecular complexity index is 549. The largest absolute Gasteiger partial charge is 0.491 e. The van der Waals surface area contributed by atoms with Crippen LogP contribution in [0.15, 0.2) is 12.1 Å². The first-order valence-corrected chi connectivity index (χ1v) is 9.86. The van der Waals surface area contributed by atoms with Crippen LogP contribution in [0.4, 0.5) is 11.4 Å². The van der Waals surface area contributed by atoms with Crippen molar-refractivity contribution in [2.24, 2.45) is 0 Å². The van der Waals surface area contributed by atoms with Crippen molar-refractivity contribution < 1.29 is 4.74 Å². The second kappa shape index (κ2) is 8.77. The van der Waals surface area contributed by atoms with Gasteiger partial charge in [-0.15, -0.1) is 0 Å². The number of anilines is 2. The van der Waals surface area contributed by atoms with Gasteiger partial charge < -0.3 is 25.2 Å². The number of piperazine rings is 1. The molecule has 5 heteroatoms. The van der Waals surface area contributed by atoms with Crippen LogP contribution in [0.1, 0.15) is 32.3 Å². The highest BCUT2D eigenvalue weighted by Gasteiger charge is 2.17. The molecule has 140 valence electrons. The van der Waals surface area contributed by atoms with Crippen molar-refractivity contribution in [2.45, 2.75) is 39.7 Å². The number of likely N-dealkylation sites (tertiary alicyclic amines) is 1. The van der Waals surface area contributed by atoms with Gasteiger partial charge in [0.15, 0.2) is 0 Å². The topological polar surface area (TPSA) is 39.8 Å². The third-order valence-corrected chi connectivity index (χ3v) is 5.13. The lowest BCUT2D eigenvalue weighted by molar-refractivity contribution is 0.242. The smallest absolute Gasteiger partial charge is 0.123 e. The van der Waals surface area contributed by atoms with Gasteiger partial charge >= 0.3 is 0 Å². The summed E-state index contributed by atoms with van der Waals surface area (Å²) < 4.78 is 6.03. The van der Waals surface area contributed by atoms with Crippen LogP contribution in [0.25, 0.3) is 0 Å². The number of nitrogens with zero attached hydrogens (tertiary/aromatic N) is 2. The molecule has 1 aromatic carbocycles. The first-order chi connectivity index (χ1) is 12.1. The Kier molecular flexibility index (Phi) is 6.43. The summed E-state index contributed by atoms with van der Waals surface area (Å²) in [5.74, 6) is 0.970. The van der Waals surface area contributed by atoms with Gasteiger partial charge in [0, 0.05) is 62.8 Å². The van der Waals surface area contributed by atoms with Gasteiger partial charge in [0.1, 0.15) is 5.75 Å². The summed E-state index contributed by atoms with van der Waals surface area (Å²) in [5.41, 5.74) is 3.86. The Labute approximate surface area is 152 Å². The van der Waals surface area contributed by atoms with Gasteiger partial charge in [0.2, 0.25) is 0 Å². The van der Waals surface area contributed by atoms with Crippen molar-refractivity contribution in [3.05, 3.63) is 17.7 Å². The molecular formula is C20H34N4O. The van der Waals surface area contributed by atoms with Crippen LogP contribution in [-0.4, -0.2) is 63.4 Å². The molecule has 0 spiro atoms. The fourth-order valence-corrected chi connectivity index (χ4v) is 3.79. The highest BCUT2D eigenvalue weighted by molar-refractivity contribution is 5.69. The Balaban J connectivity index is 1.73. The third-order valence-electron chi connectivity index (χ3n) is 5.13. The SMILES string of the molecule is Cc1c(NCCN2CCCC2)cc(OC(C)C)cc1N1CCNCC1. The van der Waals surface area contributed by atoms with Gasteiger partial charge in [-0.3, -0.25) is 0 Å². The van der Waals surface area contributed by atoms with E-state index in [9.17, 15) is 0 Å². The zero-order valence-electron chi connectivity index (χ0n) is 16.1. The Morgan fingerprint density at radius 2 is 1.84 bits per heavy atom. The lowest BCUT2D eigenvalue weighted by Gasteiger charge is -2.32. The number of hydrogen-bond acceptors (Lipinski definition) is 5. The van der Waals surface area contributed by atoms with Gasteiger partial charge in [-0.25, -0.2) is 0 Å². The van der Waals surface area contributed by atoms with E-state index in [1.807, 2.05) is 0 Å². The molecule has 5 nitrogen and oxygen atoms in total. The Hall–Kier alpha value is -1.46. The highest BCUT2D eigenvalue weighted by Crippen LogP contribution is 2.33. The number of ether oxygens (including phenoxy) is 1. The molecule has 2 heterocycles. The summed E-state index contributed by atoms with van der Waals surface area (Å²) in [6.45, 7) is 15.2. The molecule has 0 unspecified atom stereocenters. The maximum absolute atomic E-state index is 6.03. The second-order valence-electron chi connectivity index (χ2n) is 7.49. The lowest BCUT2D eigenvalue weighted by Crippen LogP contribution is -2.43. The molecule has 0 saturated carbocycles. The first kappa shape index (κ1) is 18.3. The van der Waals surface area contributed by atoms with Gasteiger partial charge in [-0.05, 0) is 52.3 Å². The minimum Gasteiger partial charge on any atom is -0.491 e. The quantitative estimate of drug-likeness (QED) is 0.794. The van der Waals surface area contributed by atoms with Crippen LogP contribution in [0.3, 0.4) is 0 Å². The summed E-state index contributed by atoms with van der Waals surface area (Å²) in [6, 6.07) is 4.39. The molecule has 25 heavy (non-hydrogen) atoms. The summed E-state index contributed by atoms with van der Waals surface area (Å²) >= 11 is 0. The van der Waals surface area contributed by atoms with Gasteiger partial charge in [-0.1, -0.05) is 0 Å². The van der Waals surface area contributed by atoms with E-state index in [2.05, 4.69) is 53.3 Å². The van der Waals surface area contributed by atoms with Gasteiger partial charge in [-0.2, -0.15) is 0 Å². The summed E-state index contributed by atoms with van der Waals surface area (Å²) in [5, 5.41) is 7.11. The standard InChI is InChI=1S/C20H34N4O/c1-16(2)25-18-14-19(22-8-11-23-9-4-5-10-23)17(3)20(15-18)24-12-6-21-7-13-24/h14-16,21-22H,4-13H2,1-3H3. The van der Waals surface area contributed by atoms with E-state index in [4.69, 9.17) is 4.74 Å². The predicted molar refractivity (Wildman–Crippen MR) is 106 cm³/mol. The average molecular weight is 347 g/mol. The van der Waals surface area contributed by atoms with Crippen LogP contribution in [0.2, 0.25) is 0 Å². The summed E-state index contributed by atoms with van der Waals surface area (Å²) in [7, 11) is 0. The molecule has 0 atom stereocenters. The Morgan fingerprint density at radius 1 is 1.12 bits per heavy atom. The van der Waals surface area contributed by atoms with Gasteiger partial charge in [0.25, 0.3) is 0 Å². The molecule has 2 N–H and O–H groups in total. The number of nitrogens with one attached hydrogen (secondary N) is 2. The molecule has 2 aliphatic heterocycles. The number of benzene rings is 1. The maximum atomic E-state index is 6.03. The van der Waals surface area contributed by atoms with Crippen molar-refractivity contribution in [3.8, 4) is 5.75 Å². The predicted octanol–water partition coefficient (Wildman–Crippen LogP) is 2.70. The lowest BCUT2D eigenvalue weighted by atomic mass is 10.1. The van der Waals surface area contributed by atoms with E-state index in [-0.39, 0.29) is 6.10 Å². The molecule has 0 radical (unpaired) electrons. The van der Waals surface area contributed by atoms with Gasteiger partial charge in [0.05, 0.1) is 6.10 Å². The van der Waals surface area contributed by atoms with Crippen molar-refractivity contribution in [2.75, 3.05) is 62.6 Å². The maximum Gasteiger partial charge on any atom is 0.123 e. The van der Waals surface area contributed by atoms with Crippen LogP contribution >= 0.6 is 0 Å². The van der Waals surface area contributed by atoms with Crippen molar-refractivity contribution in [1.29, 1.82) is 0 Å². The van der Waals surface area contributed by atoms with Crippen LogP contribution in [0, 0.1) is 6.92 Å². The molecule has 2 fully saturated rings. The van der Waals surface area contributed by atoms with Crippen LogP contribution in [0.5, 0.6) is 5.75 Å². The molecule has 2 saturated heterocycles. The monoisotopic (exact) mass is 346 g/mol. The van der Waals surface area contributed by atoms with E-state index in [1.54, 1.807) is 0 Å². The van der Waals surface area contributed by atoms with E-state index in [1.165, 1.54) is 42.9 Å². The third kappa shape index (κ3) is 5.02. The molecule has 0 aromatic heterocycles. The fraction of sp³-hybridized carbons (Fsp3) is 0.700. The van der Waals surface area contributed by atoms with Crippen molar-refractivity contribution >= 4 is 11.4 Å². The molecule has 0 aliphatic carbocycles. The minimum atomic E-state index is 0.191.